The molecule has 0 spiro atoms. The van der Waals surface area contributed by atoms with E-state index in [1.54, 1.807) is 32.7 Å². The number of ether oxygens (including phenoxy) is 3. The molecule has 1 atom stereocenters. The van der Waals surface area contributed by atoms with Gasteiger partial charge in [-0.3, -0.25) is 4.90 Å². The molecule has 0 aliphatic carbocycles. The van der Waals surface area contributed by atoms with Crippen LogP contribution in [0.1, 0.15) is 35.1 Å². The standard InChI is InChI=1S/C22H27N3O4S/c1-14-7-8-19(30-14)22-24-23-21(29-22)16-6-5-9-25(13-16)12-15-10-17(26-2)20(28-4)18(11-15)27-3/h7-8,10-11,16H,5-6,9,12-13H2,1-4H3. The van der Waals surface area contributed by atoms with Gasteiger partial charge in [0.15, 0.2) is 11.5 Å². The molecule has 0 radical (unpaired) electrons. The maximum absolute atomic E-state index is 6.03. The summed E-state index contributed by atoms with van der Waals surface area (Å²) in [7, 11) is 4.89. The van der Waals surface area contributed by atoms with Crippen molar-refractivity contribution in [1.29, 1.82) is 0 Å². The molecule has 0 saturated carbocycles. The molecule has 30 heavy (non-hydrogen) atoms. The molecular weight excluding hydrogens is 402 g/mol. The highest BCUT2D eigenvalue weighted by Crippen LogP contribution is 2.39. The first-order valence-electron chi connectivity index (χ1n) is 10.0. The first kappa shape index (κ1) is 20.7. The minimum Gasteiger partial charge on any atom is -0.493 e. The third-order valence-electron chi connectivity index (χ3n) is 5.38. The molecule has 0 N–H and O–H groups in total. The minimum atomic E-state index is 0.239. The zero-order valence-corrected chi connectivity index (χ0v) is 18.6. The fourth-order valence-corrected chi connectivity index (χ4v) is 4.72. The van der Waals surface area contributed by atoms with Crippen LogP contribution in [0.4, 0.5) is 0 Å². The highest BCUT2D eigenvalue weighted by Gasteiger charge is 2.27. The fraction of sp³-hybridized carbons (Fsp3) is 0.455. The molecule has 160 valence electrons. The summed E-state index contributed by atoms with van der Waals surface area (Å²) in [5.41, 5.74) is 1.12. The van der Waals surface area contributed by atoms with Gasteiger partial charge in [0.05, 0.1) is 32.1 Å². The van der Waals surface area contributed by atoms with Crippen LogP contribution in [0.25, 0.3) is 10.8 Å². The van der Waals surface area contributed by atoms with Crippen molar-refractivity contribution in [2.24, 2.45) is 0 Å². The Bertz CT molecular complexity index is 975. The van der Waals surface area contributed by atoms with Gasteiger partial charge in [-0.05, 0) is 56.1 Å². The van der Waals surface area contributed by atoms with Crippen LogP contribution in [0.5, 0.6) is 17.2 Å². The van der Waals surface area contributed by atoms with Crippen LogP contribution >= 0.6 is 11.3 Å². The fourth-order valence-electron chi connectivity index (χ4n) is 3.93. The van der Waals surface area contributed by atoms with Crippen LogP contribution in [-0.4, -0.2) is 49.5 Å². The summed E-state index contributed by atoms with van der Waals surface area (Å²) >= 11 is 1.67. The Hall–Kier alpha value is -2.58. The summed E-state index contributed by atoms with van der Waals surface area (Å²) in [4.78, 5) is 4.67. The molecule has 1 fully saturated rings. The monoisotopic (exact) mass is 429 g/mol. The number of piperidine rings is 1. The van der Waals surface area contributed by atoms with E-state index in [2.05, 4.69) is 28.1 Å². The zero-order valence-electron chi connectivity index (χ0n) is 17.8. The van der Waals surface area contributed by atoms with Gasteiger partial charge in [-0.15, -0.1) is 21.5 Å². The number of hydrogen-bond donors (Lipinski definition) is 0. The number of likely N-dealkylation sites (tertiary alicyclic amines) is 1. The Morgan fingerprint density at radius 3 is 2.50 bits per heavy atom. The largest absolute Gasteiger partial charge is 0.493 e. The van der Waals surface area contributed by atoms with Gasteiger partial charge in [0, 0.05) is 18.0 Å². The molecule has 1 aromatic carbocycles. The van der Waals surface area contributed by atoms with Gasteiger partial charge in [-0.1, -0.05) is 0 Å². The van der Waals surface area contributed by atoms with Crippen LogP contribution in [0.3, 0.4) is 0 Å². The first-order valence-corrected chi connectivity index (χ1v) is 10.8. The van der Waals surface area contributed by atoms with E-state index >= 15 is 0 Å². The van der Waals surface area contributed by atoms with Crippen molar-refractivity contribution in [2.45, 2.75) is 32.2 Å². The van der Waals surface area contributed by atoms with Gasteiger partial charge in [-0.2, -0.15) is 0 Å². The quantitative estimate of drug-likeness (QED) is 0.547. The summed E-state index contributed by atoms with van der Waals surface area (Å²) in [5.74, 6) is 3.54. The number of aromatic nitrogens is 2. The van der Waals surface area contributed by atoms with E-state index in [-0.39, 0.29) is 5.92 Å². The highest BCUT2D eigenvalue weighted by molar-refractivity contribution is 7.15. The maximum atomic E-state index is 6.03. The summed E-state index contributed by atoms with van der Waals surface area (Å²) in [6.07, 6.45) is 2.14. The molecule has 2 aromatic heterocycles. The van der Waals surface area contributed by atoms with Crippen molar-refractivity contribution in [2.75, 3.05) is 34.4 Å². The van der Waals surface area contributed by atoms with Crippen LogP contribution < -0.4 is 14.2 Å². The number of methoxy groups -OCH3 is 3. The van der Waals surface area contributed by atoms with Gasteiger partial charge in [0.2, 0.25) is 11.6 Å². The molecule has 0 bridgehead atoms. The van der Waals surface area contributed by atoms with Crippen LogP contribution in [0.2, 0.25) is 0 Å². The van der Waals surface area contributed by atoms with E-state index < -0.39 is 0 Å². The Morgan fingerprint density at radius 2 is 1.87 bits per heavy atom. The molecule has 1 aliphatic heterocycles. The van der Waals surface area contributed by atoms with E-state index in [0.717, 1.165) is 48.8 Å². The highest BCUT2D eigenvalue weighted by atomic mass is 32.1. The zero-order chi connectivity index (χ0) is 21.1. The number of rotatable bonds is 7. The summed E-state index contributed by atoms with van der Waals surface area (Å²) in [6, 6.07) is 8.13. The summed E-state index contributed by atoms with van der Waals surface area (Å²) < 4.78 is 22.4. The normalized spacial score (nSPS) is 17.1. The van der Waals surface area contributed by atoms with Crippen molar-refractivity contribution in [3.05, 3.63) is 40.6 Å². The van der Waals surface area contributed by atoms with Gasteiger partial charge >= 0.3 is 0 Å². The van der Waals surface area contributed by atoms with E-state index in [0.29, 0.717) is 23.1 Å². The van der Waals surface area contributed by atoms with Crippen LogP contribution in [0.15, 0.2) is 28.7 Å². The molecule has 4 rings (SSSR count). The lowest BCUT2D eigenvalue weighted by molar-refractivity contribution is 0.186. The number of nitrogens with zero attached hydrogens (tertiary/aromatic N) is 3. The lowest BCUT2D eigenvalue weighted by atomic mass is 9.97. The van der Waals surface area contributed by atoms with Crippen molar-refractivity contribution in [3.8, 4) is 28.0 Å². The summed E-state index contributed by atoms with van der Waals surface area (Å²) in [6.45, 7) is 4.77. The lowest BCUT2D eigenvalue weighted by Crippen LogP contribution is -2.34. The molecule has 3 aromatic rings. The number of hydrogen-bond acceptors (Lipinski definition) is 8. The lowest BCUT2D eigenvalue weighted by Gasteiger charge is -2.31. The predicted octanol–water partition coefficient (Wildman–Crippen LogP) is 4.51. The molecule has 7 nitrogen and oxygen atoms in total. The molecular formula is C22H27N3O4S. The molecule has 3 heterocycles. The molecule has 1 unspecified atom stereocenters. The summed E-state index contributed by atoms with van der Waals surface area (Å²) in [5, 5.41) is 8.63. The predicted molar refractivity (Wildman–Crippen MR) is 116 cm³/mol. The number of benzene rings is 1. The van der Waals surface area contributed by atoms with Crippen LogP contribution in [-0.2, 0) is 6.54 Å². The van der Waals surface area contributed by atoms with Crippen molar-refractivity contribution in [3.63, 3.8) is 0 Å². The van der Waals surface area contributed by atoms with Crippen molar-refractivity contribution >= 4 is 11.3 Å². The van der Waals surface area contributed by atoms with Gasteiger partial charge in [0.1, 0.15) is 0 Å². The second-order valence-electron chi connectivity index (χ2n) is 7.46. The van der Waals surface area contributed by atoms with E-state index in [4.69, 9.17) is 18.6 Å². The SMILES string of the molecule is COc1cc(CN2CCCC(c3nnc(-c4ccc(C)s4)o3)C2)cc(OC)c1OC. The second-order valence-corrected chi connectivity index (χ2v) is 8.75. The van der Waals surface area contributed by atoms with Gasteiger partial charge in [-0.25, -0.2) is 0 Å². The van der Waals surface area contributed by atoms with E-state index in [9.17, 15) is 0 Å². The Balaban J connectivity index is 1.48. The van der Waals surface area contributed by atoms with E-state index in [1.165, 1.54) is 4.88 Å². The Labute approximate surface area is 180 Å². The van der Waals surface area contributed by atoms with Crippen molar-refractivity contribution in [1.82, 2.24) is 15.1 Å². The second kappa shape index (κ2) is 9.06. The molecule has 8 heteroatoms. The average molecular weight is 430 g/mol. The van der Waals surface area contributed by atoms with Gasteiger partial charge in [0.25, 0.3) is 5.89 Å². The molecule has 1 saturated heterocycles. The molecule has 0 amide bonds. The first-order chi connectivity index (χ1) is 14.6. The smallest absolute Gasteiger partial charge is 0.257 e. The average Bonchev–Trinajstić information content (AvgIpc) is 3.42. The third kappa shape index (κ3) is 4.29. The third-order valence-corrected chi connectivity index (χ3v) is 6.37. The van der Waals surface area contributed by atoms with Gasteiger partial charge < -0.3 is 18.6 Å². The Kier molecular flexibility index (Phi) is 6.24. The topological polar surface area (TPSA) is 69.9 Å². The van der Waals surface area contributed by atoms with Crippen LogP contribution in [0, 0.1) is 6.92 Å². The molecule has 1 aliphatic rings. The van der Waals surface area contributed by atoms with Crippen molar-refractivity contribution < 1.29 is 18.6 Å². The Morgan fingerprint density at radius 1 is 1.10 bits per heavy atom. The minimum absolute atomic E-state index is 0.239. The number of thiophene rings is 1. The van der Waals surface area contributed by atoms with E-state index in [1.807, 2.05) is 18.2 Å². The number of aryl methyl sites for hydroxylation is 1. The maximum Gasteiger partial charge on any atom is 0.257 e.